The third-order valence-electron chi connectivity index (χ3n) is 4.86. The Kier molecular flexibility index (Phi) is 10.6. The third kappa shape index (κ3) is 8.01. The number of esters is 1. The molecule has 0 aliphatic rings. The first-order valence-corrected chi connectivity index (χ1v) is 12.1. The van der Waals surface area contributed by atoms with Gasteiger partial charge in [-0.1, -0.05) is 17.7 Å². The van der Waals surface area contributed by atoms with E-state index in [0.29, 0.717) is 35.1 Å². The molecule has 0 aliphatic carbocycles. The van der Waals surface area contributed by atoms with Gasteiger partial charge in [0.25, 0.3) is 5.91 Å². The second kappa shape index (κ2) is 13.2. The van der Waals surface area contributed by atoms with Gasteiger partial charge in [0.15, 0.2) is 11.5 Å². The van der Waals surface area contributed by atoms with E-state index in [-0.39, 0.29) is 23.8 Å². The van der Waals surface area contributed by atoms with Gasteiger partial charge in [-0.15, -0.1) is 0 Å². The average molecular weight is 564 g/mol. The molecule has 2 rings (SSSR count). The molecule has 0 fully saturated rings. The Morgan fingerprint density at radius 2 is 1.91 bits per heavy atom. The molecule has 9 heteroatoms. The molecule has 186 valence electrons. The van der Waals surface area contributed by atoms with Crippen LogP contribution in [0.25, 0.3) is 6.08 Å². The molecule has 2 aromatic rings. The summed E-state index contributed by atoms with van der Waals surface area (Å²) in [4.78, 5) is 24.5. The van der Waals surface area contributed by atoms with Crippen molar-refractivity contribution in [1.29, 1.82) is 5.26 Å². The lowest BCUT2D eigenvalue weighted by atomic mass is 10.1. The molecule has 0 unspecified atom stereocenters. The highest BCUT2D eigenvalue weighted by Crippen LogP contribution is 2.36. The van der Waals surface area contributed by atoms with Crippen LogP contribution in [-0.4, -0.2) is 31.6 Å². The van der Waals surface area contributed by atoms with E-state index in [9.17, 15) is 14.9 Å². The molecule has 7 nitrogen and oxygen atoms in total. The summed E-state index contributed by atoms with van der Waals surface area (Å²) in [5, 5.41) is 12.7. The van der Waals surface area contributed by atoms with E-state index in [1.54, 1.807) is 18.2 Å². The molecule has 0 saturated carbocycles. The Morgan fingerprint density at radius 3 is 2.54 bits per heavy atom. The molecule has 0 radical (unpaired) electrons. The van der Waals surface area contributed by atoms with Gasteiger partial charge in [-0.3, -0.25) is 9.59 Å². The van der Waals surface area contributed by atoms with Crippen molar-refractivity contribution in [3.8, 4) is 23.3 Å². The molecule has 0 aromatic heterocycles. The molecule has 0 aliphatic heterocycles. The summed E-state index contributed by atoms with van der Waals surface area (Å²) in [5.41, 5.74) is 2.33. The molecule has 0 heterocycles. The predicted molar refractivity (Wildman–Crippen MR) is 139 cm³/mol. The maximum atomic E-state index is 12.3. The number of nitriles is 1. The second-order valence-electron chi connectivity index (χ2n) is 8.08. The van der Waals surface area contributed by atoms with Gasteiger partial charge in [-0.25, -0.2) is 0 Å². The van der Waals surface area contributed by atoms with Crippen LogP contribution in [0.4, 0.5) is 0 Å². The Balaban J connectivity index is 1.98. The van der Waals surface area contributed by atoms with Gasteiger partial charge >= 0.3 is 5.97 Å². The minimum Gasteiger partial charge on any atom is -0.493 e. The number of rotatable bonds is 10. The van der Waals surface area contributed by atoms with Crippen molar-refractivity contribution in [2.24, 2.45) is 0 Å². The van der Waals surface area contributed by atoms with Gasteiger partial charge in [0.1, 0.15) is 17.4 Å². The molecule has 0 atom stereocenters. The molecular weight excluding hydrogens is 536 g/mol. The average Bonchev–Trinajstić information content (AvgIpc) is 2.82. The van der Waals surface area contributed by atoms with Gasteiger partial charge in [0.05, 0.1) is 18.2 Å². The quantitative estimate of drug-likeness (QED) is 0.127. The normalized spacial score (nSPS) is 11.1. The number of ether oxygens (including phenoxy) is 3. The van der Waals surface area contributed by atoms with Crippen molar-refractivity contribution in [3.63, 3.8) is 0 Å². The zero-order valence-electron chi connectivity index (χ0n) is 20.3. The van der Waals surface area contributed by atoms with Crippen molar-refractivity contribution in [1.82, 2.24) is 5.32 Å². The molecule has 1 N–H and O–H groups in total. The van der Waals surface area contributed by atoms with Crippen molar-refractivity contribution in [3.05, 3.63) is 56.0 Å². The number of carbonyl (C=O) groups excluding carboxylic acids is 2. The first-order chi connectivity index (χ1) is 16.6. The smallest absolute Gasteiger partial charge is 0.311 e. The van der Waals surface area contributed by atoms with Crippen LogP contribution in [0, 0.1) is 25.2 Å². The second-order valence-corrected chi connectivity index (χ2v) is 9.25. The highest BCUT2D eigenvalue weighted by molar-refractivity contribution is 9.10. The number of aryl methyl sites for hydroxylation is 1. The number of halogens is 2. The maximum Gasteiger partial charge on any atom is 0.311 e. The molecule has 0 bridgehead atoms. The number of hydrogen-bond acceptors (Lipinski definition) is 6. The zero-order valence-corrected chi connectivity index (χ0v) is 22.7. The summed E-state index contributed by atoms with van der Waals surface area (Å²) in [7, 11) is 1.44. The SMILES string of the molecule is COc1cc(/C=C(\C#N)C(=O)NC(C)C)ccc1OC(=O)CCCOc1cc(C)c(Cl)c(C)c1Br. The van der Waals surface area contributed by atoms with Crippen molar-refractivity contribution in [2.75, 3.05) is 13.7 Å². The molecule has 0 spiro atoms. The Labute approximate surface area is 219 Å². The highest BCUT2D eigenvalue weighted by Gasteiger charge is 2.14. The van der Waals surface area contributed by atoms with Crippen LogP contribution >= 0.6 is 27.5 Å². The van der Waals surface area contributed by atoms with Gasteiger partial charge in [-0.05, 0) is 91.0 Å². The first kappa shape index (κ1) is 28.2. The van der Waals surface area contributed by atoms with Crippen LogP contribution < -0.4 is 19.5 Å². The Morgan fingerprint density at radius 1 is 1.20 bits per heavy atom. The lowest BCUT2D eigenvalue weighted by Gasteiger charge is -2.13. The summed E-state index contributed by atoms with van der Waals surface area (Å²) in [6.07, 6.45) is 2.04. The van der Waals surface area contributed by atoms with E-state index >= 15 is 0 Å². The number of carbonyl (C=O) groups is 2. The lowest BCUT2D eigenvalue weighted by molar-refractivity contribution is -0.134. The molecule has 0 saturated heterocycles. The summed E-state index contributed by atoms with van der Waals surface area (Å²) in [6.45, 7) is 7.75. The van der Waals surface area contributed by atoms with E-state index in [1.807, 2.05) is 39.8 Å². The summed E-state index contributed by atoms with van der Waals surface area (Å²) < 4.78 is 17.4. The molecule has 2 aromatic carbocycles. The topological polar surface area (TPSA) is 97.6 Å². The van der Waals surface area contributed by atoms with E-state index in [1.165, 1.54) is 13.2 Å². The molecular formula is C26H28BrClN2O5. The Bertz CT molecular complexity index is 1170. The highest BCUT2D eigenvalue weighted by atomic mass is 79.9. The minimum absolute atomic E-state index is 0.0387. The summed E-state index contributed by atoms with van der Waals surface area (Å²) >= 11 is 9.73. The van der Waals surface area contributed by atoms with Crippen LogP contribution in [-0.2, 0) is 9.59 Å². The largest absolute Gasteiger partial charge is 0.493 e. The van der Waals surface area contributed by atoms with Crippen molar-refractivity contribution in [2.45, 2.75) is 46.6 Å². The van der Waals surface area contributed by atoms with Crippen LogP contribution in [0.1, 0.15) is 43.4 Å². The first-order valence-electron chi connectivity index (χ1n) is 11.0. The predicted octanol–water partition coefficient (Wildman–Crippen LogP) is 5.92. The maximum absolute atomic E-state index is 12.3. The number of nitrogens with zero attached hydrogens (tertiary/aromatic N) is 1. The summed E-state index contributed by atoms with van der Waals surface area (Å²) in [5.74, 6) is 0.317. The summed E-state index contributed by atoms with van der Waals surface area (Å²) in [6, 6.07) is 8.44. The van der Waals surface area contributed by atoms with Gasteiger partial charge in [0, 0.05) is 17.5 Å². The van der Waals surface area contributed by atoms with Gasteiger partial charge in [0.2, 0.25) is 0 Å². The van der Waals surface area contributed by atoms with E-state index in [0.717, 1.165) is 15.6 Å². The Hall–Kier alpha value is -3.02. The van der Waals surface area contributed by atoms with E-state index in [2.05, 4.69) is 21.2 Å². The zero-order chi connectivity index (χ0) is 26.1. The van der Waals surface area contributed by atoms with Crippen LogP contribution in [0.2, 0.25) is 5.02 Å². The molecule has 1 amide bonds. The fourth-order valence-corrected chi connectivity index (χ4v) is 3.78. The lowest BCUT2D eigenvalue weighted by Crippen LogP contribution is -2.30. The van der Waals surface area contributed by atoms with E-state index < -0.39 is 11.9 Å². The van der Waals surface area contributed by atoms with Crippen molar-refractivity contribution < 1.29 is 23.8 Å². The standard InChI is InChI=1S/C26H28BrClN2O5/c1-15(2)30-26(32)19(14-29)12-18-8-9-20(21(13-18)33-5)35-23(31)7-6-10-34-22-11-16(3)25(28)17(4)24(22)27/h8-9,11-13,15H,6-7,10H2,1-5H3,(H,30,32)/b19-12+. The number of amides is 1. The van der Waals surface area contributed by atoms with Gasteiger partial charge in [-0.2, -0.15) is 5.26 Å². The molecule has 35 heavy (non-hydrogen) atoms. The number of benzene rings is 2. The van der Waals surface area contributed by atoms with Crippen LogP contribution in [0.5, 0.6) is 17.2 Å². The van der Waals surface area contributed by atoms with E-state index in [4.69, 9.17) is 25.8 Å². The minimum atomic E-state index is -0.463. The van der Waals surface area contributed by atoms with Crippen molar-refractivity contribution >= 4 is 45.5 Å². The van der Waals surface area contributed by atoms with Crippen LogP contribution in [0.15, 0.2) is 34.3 Å². The van der Waals surface area contributed by atoms with Gasteiger partial charge < -0.3 is 19.5 Å². The fourth-order valence-electron chi connectivity index (χ4n) is 3.09. The number of hydrogen-bond donors (Lipinski definition) is 1. The van der Waals surface area contributed by atoms with Crippen LogP contribution in [0.3, 0.4) is 0 Å². The fraction of sp³-hybridized carbons (Fsp3) is 0.346. The monoisotopic (exact) mass is 562 g/mol. The third-order valence-corrected chi connectivity index (χ3v) is 6.43. The number of nitrogens with one attached hydrogen (secondary N) is 1. The number of methoxy groups -OCH3 is 1.